The monoisotopic (exact) mass is 684 g/mol. The molecule has 10 nitrogen and oxygen atoms in total. The summed E-state index contributed by atoms with van der Waals surface area (Å²) in [4.78, 5) is 47.8. The molecule has 3 aromatic rings. The number of ether oxygens (including phenoxy) is 1. The Morgan fingerprint density at radius 3 is 2.40 bits per heavy atom. The highest BCUT2D eigenvalue weighted by molar-refractivity contribution is 7.99. The largest absolute Gasteiger partial charge is 0.493 e. The molecule has 14 heteroatoms. The van der Waals surface area contributed by atoms with Crippen molar-refractivity contribution in [3.63, 3.8) is 0 Å². The summed E-state index contributed by atoms with van der Waals surface area (Å²) in [6, 6.07) is 4.74. The molecular formula is C34H39F3N6O4S. The minimum atomic E-state index is -0.795. The predicted octanol–water partition coefficient (Wildman–Crippen LogP) is 4.71. The van der Waals surface area contributed by atoms with Crippen LogP contribution in [0.3, 0.4) is 0 Å². The van der Waals surface area contributed by atoms with Gasteiger partial charge in [-0.15, -0.1) is 0 Å². The minimum absolute atomic E-state index is 0.0476. The summed E-state index contributed by atoms with van der Waals surface area (Å²) in [6.45, 7) is 3.62. The molecule has 3 N–H and O–H groups in total. The molecule has 1 aromatic heterocycles. The SMILES string of the molecule is O=C1CCC(Nc2cc(F)c(N3CCC(N4CCC(SCc5nc6cc(OCC7CC7)cc(F)c6c(=O)[nH]5)CC4)CC3)cc2F)C(=O)N1. The molecule has 0 bridgehead atoms. The number of halogens is 3. The summed E-state index contributed by atoms with van der Waals surface area (Å²) < 4.78 is 50.6. The number of amides is 2. The number of H-pyrrole nitrogens is 1. The maximum absolute atomic E-state index is 15.2. The van der Waals surface area contributed by atoms with Crippen molar-refractivity contribution in [2.24, 2.45) is 5.92 Å². The second kappa shape index (κ2) is 14.0. The van der Waals surface area contributed by atoms with Gasteiger partial charge in [0.2, 0.25) is 11.8 Å². The number of hydrogen-bond acceptors (Lipinski definition) is 9. The third kappa shape index (κ3) is 7.44. The molecule has 1 saturated carbocycles. The molecule has 256 valence electrons. The summed E-state index contributed by atoms with van der Waals surface area (Å²) in [5, 5.41) is 5.31. The summed E-state index contributed by atoms with van der Waals surface area (Å²) in [6.07, 6.45) is 6.25. The van der Waals surface area contributed by atoms with Crippen LogP contribution < -0.4 is 25.8 Å². The molecule has 4 heterocycles. The van der Waals surface area contributed by atoms with Gasteiger partial charge < -0.3 is 24.8 Å². The van der Waals surface area contributed by atoms with Crippen LogP contribution in [-0.4, -0.2) is 76.8 Å². The molecule has 7 rings (SSSR count). The van der Waals surface area contributed by atoms with Crippen LogP contribution >= 0.6 is 11.8 Å². The van der Waals surface area contributed by atoms with Crippen molar-refractivity contribution in [1.82, 2.24) is 20.2 Å². The van der Waals surface area contributed by atoms with Crippen molar-refractivity contribution in [2.45, 2.75) is 74.5 Å². The molecule has 2 aromatic carbocycles. The molecule has 4 aliphatic rings. The number of thioether (sulfide) groups is 1. The molecule has 1 aliphatic carbocycles. The van der Waals surface area contributed by atoms with Crippen LogP contribution in [0.1, 0.15) is 57.2 Å². The number of carbonyl (C=O) groups excluding carboxylic acids is 2. The van der Waals surface area contributed by atoms with Crippen LogP contribution in [0.25, 0.3) is 10.9 Å². The lowest BCUT2D eigenvalue weighted by atomic mass is 9.99. The first-order chi connectivity index (χ1) is 23.2. The van der Waals surface area contributed by atoms with E-state index in [4.69, 9.17) is 4.74 Å². The molecule has 2 amide bonds. The van der Waals surface area contributed by atoms with Gasteiger partial charge in [-0.25, -0.2) is 18.2 Å². The van der Waals surface area contributed by atoms with E-state index in [1.165, 1.54) is 12.1 Å². The lowest BCUT2D eigenvalue weighted by Gasteiger charge is -2.42. The van der Waals surface area contributed by atoms with Crippen molar-refractivity contribution in [3.8, 4) is 5.75 Å². The number of piperidine rings is 3. The van der Waals surface area contributed by atoms with E-state index in [0.29, 0.717) is 59.7 Å². The van der Waals surface area contributed by atoms with Crippen molar-refractivity contribution in [3.05, 3.63) is 57.9 Å². The smallest absolute Gasteiger partial charge is 0.261 e. The zero-order valence-electron chi connectivity index (χ0n) is 26.5. The number of aromatic amines is 1. The first-order valence-electron chi connectivity index (χ1n) is 16.8. The number of nitrogens with zero attached hydrogens (tertiary/aromatic N) is 3. The topological polar surface area (TPSA) is 120 Å². The van der Waals surface area contributed by atoms with Crippen LogP contribution in [0.2, 0.25) is 0 Å². The highest BCUT2D eigenvalue weighted by Gasteiger charge is 2.31. The third-order valence-corrected chi connectivity index (χ3v) is 11.2. The Kier molecular flexibility index (Phi) is 9.54. The lowest BCUT2D eigenvalue weighted by Crippen LogP contribution is -2.48. The fourth-order valence-corrected chi connectivity index (χ4v) is 7.96. The predicted molar refractivity (Wildman–Crippen MR) is 178 cm³/mol. The Balaban J connectivity index is 0.885. The molecule has 0 spiro atoms. The van der Waals surface area contributed by atoms with Gasteiger partial charge in [-0.2, -0.15) is 11.8 Å². The quantitative estimate of drug-likeness (QED) is 0.261. The van der Waals surface area contributed by atoms with E-state index in [2.05, 4.69) is 25.5 Å². The zero-order chi connectivity index (χ0) is 33.4. The van der Waals surface area contributed by atoms with Crippen LogP contribution in [0.15, 0.2) is 29.1 Å². The highest BCUT2D eigenvalue weighted by atomic mass is 32.2. The normalized spacial score (nSPS) is 21.5. The zero-order valence-corrected chi connectivity index (χ0v) is 27.4. The van der Waals surface area contributed by atoms with Crippen LogP contribution in [0.4, 0.5) is 24.5 Å². The first kappa shape index (κ1) is 32.8. The van der Waals surface area contributed by atoms with E-state index in [-0.39, 0.29) is 35.5 Å². The number of fused-ring (bicyclic) bond motifs is 1. The maximum Gasteiger partial charge on any atom is 0.261 e. The van der Waals surface area contributed by atoms with Crippen molar-refractivity contribution in [1.29, 1.82) is 0 Å². The summed E-state index contributed by atoms with van der Waals surface area (Å²) in [7, 11) is 0. The first-order valence-corrected chi connectivity index (χ1v) is 17.8. The average Bonchev–Trinajstić information content (AvgIpc) is 3.90. The molecular weight excluding hydrogens is 645 g/mol. The number of aromatic nitrogens is 2. The van der Waals surface area contributed by atoms with E-state index in [0.717, 1.165) is 57.7 Å². The van der Waals surface area contributed by atoms with Gasteiger partial charge in [0.15, 0.2) is 0 Å². The number of likely N-dealkylation sites (tertiary alicyclic amines) is 1. The fraction of sp³-hybridized carbons (Fsp3) is 0.529. The summed E-state index contributed by atoms with van der Waals surface area (Å²) >= 11 is 1.75. The van der Waals surface area contributed by atoms with Crippen LogP contribution in [-0.2, 0) is 15.3 Å². The Labute approximate surface area is 280 Å². The third-order valence-electron chi connectivity index (χ3n) is 9.83. The molecule has 0 radical (unpaired) electrons. The molecule has 4 fully saturated rings. The molecule has 1 unspecified atom stereocenters. The number of hydrogen-bond donors (Lipinski definition) is 3. The van der Waals surface area contributed by atoms with Gasteiger partial charge in [0, 0.05) is 55.1 Å². The number of anilines is 2. The van der Waals surface area contributed by atoms with Gasteiger partial charge in [-0.3, -0.25) is 19.7 Å². The van der Waals surface area contributed by atoms with Crippen molar-refractivity contribution >= 4 is 45.9 Å². The number of benzene rings is 2. The van der Waals surface area contributed by atoms with Crippen molar-refractivity contribution in [2.75, 3.05) is 43.0 Å². The standard InChI is InChI=1S/C34H39F3N6O4S/c35-23-16-29(24(36)15-27(23)38-26-3-4-31(44)41-33(26)45)43-9-5-20(6-10-43)42-11-7-22(8-12-42)48-18-30-39-28-14-21(47-17-19-1-2-19)13-25(37)32(28)34(46)40-30/h13-16,19-20,22,26,38H,1-12,17-18H2,(H,39,40,46)(H,41,44,45). The van der Waals surface area contributed by atoms with E-state index in [1.54, 1.807) is 17.8 Å². The van der Waals surface area contributed by atoms with E-state index in [1.807, 2.05) is 4.90 Å². The second-order valence-corrected chi connectivity index (χ2v) is 14.6. The Morgan fingerprint density at radius 2 is 1.67 bits per heavy atom. The lowest BCUT2D eigenvalue weighted by molar-refractivity contribution is -0.133. The van der Waals surface area contributed by atoms with Gasteiger partial charge in [-0.1, -0.05) is 0 Å². The number of carbonyl (C=O) groups is 2. The molecule has 48 heavy (non-hydrogen) atoms. The van der Waals surface area contributed by atoms with Crippen LogP contribution in [0, 0.1) is 23.4 Å². The summed E-state index contributed by atoms with van der Waals surface area (Å²) in [5.74, 6) is -0.771. The second-order valence-electron chi connectivity index (χ2n) is 13.3. The van der Waals surface area contributed by atoms with Gasteiger partial charge in [-0.05, 0) is 64.0 Å². The molecule has 3 saturated heterocycles. The molecule has 1 atom stereocenters. The minimum Gasteiger partial charge on any atom is -0.493 e. The number of rotatable bonds is 10. The summed E-state index contributed by atoms with van der Waals surface area (Å²) in [5.41, 5.74) is -0.0601. The van der Waals surface area contributed by atoms with Gasteiger partial charge >= 0.3 is 0 Å². The Hall–Kier alpha value is -3.78. The maximum atomic E-state index is 15.2. The van der Waals surface area contributed by atoms with Gasteiger partial charge in [0.25, 0.3) is 5.56 Å². The van der Waals surface area contributed by atoms with Crippen LogP contribution in [0.5, 0.6) is 5.75 Å². The van der Waals surface area contributed by atoms with Gasteiger partial charge in [0.05, 0.1) is 29.3 Å². The van der Waals surface area contributed by atoms with E-state index >= 15 is 4.39 Å². The Morgan fingerprint density at radius 1 is 0.896 bits per heavy atom. The Bertz CT molecular complexity index is 1750. The average molecular weight is 685 g/mol. The van der Waals surface area contributed by atoms with E-state index < -0.39 is 35.0 Å². The number of nitrogens with one attached hydrogen (secondary N) is 3. The van der Waals surface area contributed by atoms with E-state index in [9.17, 15) is 23.2 Å². The molecule has 3 aliphatic heterocycles. The fourth-order valence-electron chi connectivity index (χ4n) is 6.88. The van der Waals surface area contributed by atoms with Crippen molar-refractivity contribution < 1.29 is 27.5 Å². The highest BCUT2D eigenvalue weighted by Crippen LogP contribution is 2.33. The number of imide groups is 1. The van der Waals surface area contributed by atoms with Gasteiger partial charge in [0.1, 0.15) is 40.5 Å².